The van der Waals surface area contributed by atoms with Gasteiger partial charge in [0, 0.05) is 6.54 Å². The smallest absolute Gasteiger partial charge is 0.224 e. The van der Waals surface area contributed by atoms with Crippen molar-refractivity contribution in [3.63, 3.8) is 0 Å². The number of rotatable bonds is 5. The Bertz CT molecular complexity index is 605. The number of carbonyl (C=O) groups is 1. The maximum absolute atomic E-state index is 11.9. The molecule has 0 radical (unpaired) electrons. The Morgan fingerprint density at radius 2 is 2.10 bits per heavy atom. The Morgan fingerprint density at radius 3 is 2.67 bits per heavy atom. The van der Waals surface area contributed by atoms with Gasteiger partial charge >= 0.3 is 0 Å². The standard InChI is InChI=1S/C14H17N5O2/c20-13(15-9-14(21)6-1-7-14)8-11-2-4-12(5-3-11)19-10-16-17-18-19/h2-5,10,21H,1,6-9H2,(H,15,20). The second kappa shape index (κ2) is 5.61. The number of hydrogen-bond acceptors (Lipinski definition) is 5. The number of nitrogens with zero attached hydrogens (tertiary/aromatic N) is 4. The van der Waals surface area contributed by atoms with Crippen molar-refractivity contribution in [2.75, 3.05) is 6.54 Å². The van der Waals surface area contributed by atoms with Crippen molar-refractivity contribution in [2.24, 2.45) is 0 Å². The fraction of sp³-hybridized carbons (Fsp3) is 0.429. The third-order valence-electron chi connectivity index (χ3n) is 3.81. The van der Waals surface area contributed by atoms with Crippen LogP contribution in [0.15, 0.2) is 30.6 Å². The lowest BCUT2D eigenvalue weighted by Crippen LogP contribution is -2.48. The molecule has 1 aliphatic carbocycles. The zero-order valence-electron chi connectivity index (χ0n) is 11.6. The summed E-state index contributed by atoms with van der Waals surface area (Å²) in [4.78, 5) is 11.9. The molecule has 110 valence electrons. The topological polar surface area (TPSA) is 92.9 Å². The van der Waals surface area contributed by atoms with E-state index < -0.39 is 5.60 Å². The highest BCUT2D eigenvalue weighted by molar-refractivity contribution is 5.78. The lowest BCUT2D eigenvalue weighted by atomic mass is 9.80. The number of aliphatic hydroxyl groups is 1. The van der Waals surface area contributed by atoms with Crippen molar-refractivity contribution < 1.29 is 9.90 Å². The molecule has 0 unspecified atom stereocenters. The summed E-state index contributed by atoms with van der Waals surface area (Å²) < 4.78 is 1.55. The monoisotopic (exact) mass is 287 g/mol. The summed E-state index contributed by atoms with van der Waals surface area (Å²) in [5.41, 5.74) is 1.07. The van der Waals surface area contributed by atoms with Crippen LogP contribution < -0.4 is 5.32 Å². The number of nitrogens with one attached hydrogen (secondary N) is 1. The maximum atomic E-state index is 11.9. The highest BCUT2D eigenvalue weighted by Gasteiger charge is 2.34. The van der Waals surface area contributed by atoms with Crippen molar-refractivity contribution in [3.05, 3.63) is 36.2 Å². The summed E-state index contributed by atoms with van der Waals surface area (Å²) >= 11 is 0. The molecule has 0 saturated heterocycles. The van der Waals surface area contributed by atoms with E-state index in [-0.39, 0.29) is 5.91 Å². The van der Waals surface area contributed by atoms with Crippen molar-refractivity contribution >= 4 is 5.91 Å². The maximum Gasteiger partial charge on any atom is 0.224 e. The summed E-state index contributed by atoms with van der Waals surface area (Å²) in [5.74, 6) is -0.0782. The molecule has 1 saturated carbocycles. The van der Waals surface area contributed by atoms with E-state index >= 15 is 0 Å². The summed E-state index contributed by atoms with van der Waals surface area (Å²) in [5, 5.41) is 23.7. The van der Waals surface area contributed by atoms with Crippen LogP contribution in [0.1, 0.15) is 24.8 Å². The Balaban J connectivity index is 1.54. The van der Waals surface area contributed by atoms with Gasteiger partial charge in [-0.2, -0.15) is 0 Å². The lowest BCUT2D eigenvalue weighted by molar-refractivity contribution is -0.122. The van der Waals surface area contributed by atoms with Crippen LogP contribution in [0.5, 0.6) is 0 Å². The highest BCUT2D eigenvalue weighted by atomic mass is 16.3. The number of amides is 1. The van der Waals surface area contributed by atoms with Gasteiger partial charge in [0.15, 0.2) is 0 Å². The molecule has 1 aromatic carbocycles. The number of hydrogen-bond donors (Lipinski definition) is 2. The van der Waals surface area contributed by atoms with Crippen LogP contribution in [0.2, 0.25) is 0 Å². The van der Waals surface area contributed by atoms with Crippen LogP contribution in [-0.4, -0.2) is 43.4 Å². The number of tetrazole rings is 1. The minimum atomic E-state index is -0.681. The summed E-state index contributed by atoms with van der Waals surface area (Å²) in [6.45, 7) is 0.342. The van der Waals surface area contributed by atoms with E-state index in [1.165, 1.54) is 6.33 Å². The fourth-order valence-electron chi connectivity index (χ4n) is 2.32. The van der Waals surface area contributed by atoms with Crippen molar-refractivity contribution in [1.82, 2.24) is 25.5 Å². The first-order chi connectivity index (χ1) is 10.1. The number of aromatic nitrogens is 4. The molecule has 3 rings (SSSR count). The van der Waals surface area contributed by atoms with E-state index in [4.69, 9.17) is 0 Å². The van der Waals surface area contributed by atoms with E-state index in [1.807, 2.05) is 24.3 Å². The van der Waals surface area contributed by atoms with Crippen molar-refractivity contribution in [3.8, 4) is 5.69 Å². The van der Waals surface area contributed by atoms with Crippen LogP contribution in [0.25, 0.3) is 5.69 Å². The zero-order valence-corrected chi connectivity index (χ0v) is 11.6. The zero-order chi connectivity index (χ0) is 14.7. The SMILES string of the molecule is O=C(Cc1ccc(-n2cnnn2)cc1)NCC1(O)CCC1. The van der Waals surface area contributed by atoms with Gasteiger partial charge in [0.05, 0.1) is 17.7 Å². The Labute approximate surface area is 122 Å². The average molecular weight is 287 g/mol. The Kier molecular flexibility index (Phi) is 3.66. The van der Waals surface area contributed by atoms with E-state index in [2.05, 4.69) is 20.8 Å². The van der Waals surface area contributed by atoms with E-state index in [0.29, 0.717) is 13.0 Å². The molecule has 0 aliphatic heterocycles. The lowest BCUT2D eigenvalue weighted by Gasteiger charge is -2.36. The predicted molar refractivity (Wildman–Crippen MR) is 74.7 cm³/mol. The fourth-order valence-corrected chi connectivity index (χ4v) is 2.32. The summed E-state index contributed by atoms with van der Waals surface area (Å²) in [6.07, 6.45) is 4.39. The average Bonchev–Trinajstić information content (AvgIpc) is 2.98. The van der Waals surface area contributed by atoms with Gasteiger partial charge in [0.2, 0.25) is 5.91 Å². The third-order valence-corrected chi connectivity index (χ3v) is 3.81. The molecule has 0 spiro atoms. The molecule has 7 heteroatoms. The highest BCUT2D eigenvalue weighted by Crippen LogP contribution is 2.30. The van der Waals surface area contributed by atoms with Gasteiger partial charge in [-0.3, -0.25) is 4.79 Å². The Morgan fingerprint density at radius 1 is 1.33 bits per heavy atom. The van der Waals surface area contributed by atoms with E-state index in [0.717, 1.165) is 30.5 Å². The number of benzene rings is 1. The molecule has 21 heavy (non-hydrogen) atoms. The first-order valence-corrected chi connectivity index (χ1v) is 6.96. The van der Waals surface area contributed by atoms with E-state index in [1.54, 1.807) is 4.68 Å². The molecule has 2 aromatic rings. The van der Waals surface area contributed by atoms with Gasteiger partial charge in [-0.15, -0.1) is 5.10 Å². The molecule has 0 atom stereocenters. The van der Waals surface area contributed by atoms with Gasteiger partial charge in [-0.25, -0.2) is 4.68 Å². The molecule has 0 bridgehead atoms. The Hall–Kier alpha value is -2.28. The molecule has 1 heterocycles. The van der Waals surface area contributed by atoms with Gasteiger partial charge < -0.3 is 10.4 Å². The van der Waals surface area contributed by atoms with Gasteiger partial charge in [0.1, 0.15) is 6.33 Å². The van der Waals surface area contributed by atoms with Crippen LogP contribution in [-0.2, 0) is 11.2 Å². The minimum Gasteiger partial charge on any atom is -0.388 e. The predicted octanol–water partition coefficient (Wildman–Crippen LogP) is 0.236. The molecule has 7 nitrogen and oxygen atoms in total. The first-order valence-electron chi connectivity index (χ1n) is 6.96. The normalized spacial score (nSPS) is 16.2. The van der Waals surface area contributed by atoms with Crippen LogP contribution >= 0.6 is 0 Å². The number of carbonyl (C=O) groups excluding carboxylic acids is 1. The largest absolute Gasteiger partial charge is 0.388 e. The van der Waals surface area contributed by atoms with Gasteiger partial charge in [0.25, 0.3) is 0 Å². The van der Waals surface area contributed by atoms with Crippen molar-refractivity contribution in [1.29, 1.82) is 0 Å². The van der Waals surface area contributed by atoms with Gasteiger partial charge in [-0.1, -0.05) is 12.1 Å². The van der Waals surface area contributed by atoms with Crippen LogP contribution in [0.3, 0.4) is 0 Å². The third kappa shape index (κ3) is 3.25. The minimum absolute atomic E-state index is 0.0782. The van der Waals surface area contributed by atoms with Gasteiger partial charge in [-0.05, 0) is 47.4 Å². The van der Waals surface area contributed by atoms with Crippen LogP contribution in [0, 0.1) is 0 Å². The quantitative estimate of drug-likeness (QED) is 0.821. The van der Waals surface area contributed by atoms with Crippen molar-refractivity contribution in [2.45, 2.75) is 31.3 Å². The second-order valence-electron chi connectivity index (χ2n) is 5.45. The molecule has 1 amide bonds. The first kappa shape index (κ1) is 13.7. The molecular formula is C14H17N5O2. The summed E-state index contributed by atoms with van der Waals surface area (Å²) in [6, 6.07) is 7.46. The molecule has 1 aliphatic rings. The summed E-state index contributed by atoms with van der Waals surface area (Å²) in [7, 11) is 0. The molecular weight excluding hydrogens is 270 g/mol. The second-order valence-corrected chi connectivity index (χ2v) is 5.45. The molecule has 2 N–H and O–H groups in total. The van der Waals surface area contributed by atoms with Crippen LogP contribution in [0.4, 0.5) is 0 Å². The molecule has 1 aromatic heterocycles. The van der Waals surface area contributed by atoms with E-state index in [9.17, 15) is 9.90 Å². The molecule has 1 fully saturated rings.